The molecule has 2 aromatic rings. The molecule has 0 unspecified atom stereocenters. The first kappa shape index (κ1) is 17.0. The molecule has 2 heterocycles. The van der Waals surface area contributed by atoms with Crippen molar-refractivity contribution in [3.8, 4) is 0 Å². The van der Waals surface area contributed by atoms with E-state index in [4.69, 9.17) is 0 Å². The van der Waals surface area contributed by atoms with Crippen LogP contribution in [0.3, 0.4) is 0 Å². The quantitative estimate of drug-likeness (QED) is 0.931. The summed E-state index contributed by atoms with van der Waals surface area (Å²) in [5.74, 6) is -0.337. The molecule has 3 rings (SSSR count). The number of carbonyl (C=O) groups excluding carboxylic acids is 2. The van der Waals surface area contributed by atoms with Gasteiger partial charge in [-0.2, -0.15) is 0 Å². The van der Waals surface area contributed by atoms with Crippen LogP contribution in [0.4, 0.5) is 11.4 Å². The minimum atomic E-state index is -0.277. The Hall–Kier alpha value is -2.89. The summed E-state index contributed by atoms with van der Waals surface area (Å²) in [5, 5.41) is 2.84. The lowest BCUT2D eigenvalue weighted by Gasteiger charge is -2.15. The molecule has 6 heteroatoms. The van der Waals surface area contributed by atoms with Gasteiger partial charge in [-0.15, -0.1) is 0 Å². The third kappa shape index (κ3) is 3.96. The topological polar surface area (TPSA) is 65.5 Å². The van der Waals surface area contributed by atoms with Gasteiger partial charge in [0, 0.05) is 51.0 Å². The van der Waals surface area contributed by atoms with Gasteiger partial charge < -0.3 is 15.1 Å². The number of nitrogens with zero attached hydrogens (tertiary/aromatic N) is 3. The van der Waals surface area contributed by atoms with Gasteiger partial charge >= 0.3 is 0 Å². The number of pyridine rings is 1. The van der Waals surface area contributed by atoms with Crippen molar-refractivity contribution < 1.29 is 9.59 Å². The Balaban J connectivity index is 1.71. The SMILES string of the molecule is CN(C)c1ccc(NC(=O)c2cncc(C(=O)N3CCCC3)c2)cc1. The van der Waals surface area contributed by atoms with Crippen LogP contribution in [-0.2, 0) is 0 Å². The average Bonchev–Trinajstić information content (AvgIpc) is 3.16. The van der Waals surface area contributed by atoms with Gasteiger partial charge in [-0.3, -0.25) is 14.6 Å². The Kier molecular flexibility index (Phi) is 4.97. The van der Waals surface area contributed by atoms with E-state index in [-0.39, 0.29) is 11.8 Å². The summed E-state index contributed by atoms with van der Waals surface area (Å²) in [7, 11) is 3.92. The maximum atomic E-state index is 12.4. The molecule has 0 aliphatic carbocycles. The number of amides is 2. The Morgan fingerprint density at radius 2 is 1.68 bits per heavy atom. The largest absolute Gasteiger partial charge is 0.378 e. The highest BCUT2D eigenvalue weighted by Gasteiger charge is 2.20. The van der Waals surface area contributed by atoms with Crippen molar-refractivity contribution in [3.63, 3.8) is 0 Å². The maximum absolute atomic E-state index is 12.4. The number of hydrogen-bond acceptors (Lipinski definition) is 4. The minimum Gasteiger partial charge on any atom is -0.378 e. The van der Waals surface area contributed by atoms with Crippen LogP contribution >= 0.6 is 0 Å². The lowest BCUT2D eigenvalue weighted by Crippen LogP contribution is -2.28. The van der Waals surface area contributed by atoms with Gasteiger partial charge in [-0.05, 0) is 43.2 Å². The first-order chi connectivity index (χ1) is 12.0. The average molecular weight is 338 g/mol. The van der Waals surface area contributed by atoms with E-state index in [1.807, 2.05) is 43.3 Å². The predicted octanol–water partition coefficient (Wildman–Crippen LogP) is 2.64. The third-order valence-electron chi connectivity index (χ3n) is 4.28. The van der Waals surface area contributed by atoms with Crippen molar-refractivity contribution in [2.45, 2.75) is 12.8 Å². The van der Waals surface area contributed by atoms with E-state index in [9.17, 15) is 9.59 Å². The summed E-state index contributed by atoms with van der Waals surface area (Å²) in [5.41, 5.74) is 2.59. The van der Waals surface area contributed by atoms with Crippen molar-refractivity contribution in [2.24, 2.45) is 0 Å². The summed E-state index contributed by atoms with van der Waals surface area (Å²) in [6.07, 6.45) is 5.05. The van der Waals surface area contributed by atoms with Crippen LogP contribution in [-0.4, -0.2) is 48.9 Å². The Bertz CT molecular complexity index is 765. The van der Waals surface area contributed by atoms with E-state index < -0.39 is 0 Å². The van der Waals surface area contributed by atoms with Crippen LogP contribution in [0.25, 0.3) is 0 Å². The van der Waals surface area contributed by atoms with Crippen LogP contribution in [0, 0.1) is 0 Å². The number of nitrogens with one attached hydrogen (secondary N) is 1. The molecular weight excluding hydrogens is 316 g/mol. The van der Waals surface area contributed by atoms with Gasteiger partial charge in [-0.1, -0.05) is 0 Å². The van der Waals surface area contributed by atoms with E-state index in [2.05, 4.69) is 10.3 Å². The van der Waals surface area contributed by atoms with Gasteiger partial charge in [-0.25, -0.2) is 0 Å². The van der Waals surface area contributed by atoms with Gasteiger partial charge in [0.2, 0.25) is 0 Å². The number of benzene rings is 1. The van der Waals surface area contributed by atoms with Crippen LogP contribution in [0.15, 0.2) is 42.7 Å². The maximum Gasteiger partial charge on any atom is 0.257 e. The zero-order valence-corrected chi connectivity index (χ0v) is 14.5. The number of anilines is 2. The van der Waals surface area contributed by atoms with Crippen LogP contribution < -0.4 is 10.2 Å². The molecule has 1 saturated heterocycles. The summed E-state index contributed by atoms with van der Waals surface area (Å²) in [4.78, 5) is 32.7. The number of rotatable bonds is 4. The molecule has 6 nitrogen and oxygen atoms in total. The fourth-order valence-corrected chi connectivity index (χ4v) is 2.83. The van der Waals surface area contributed by atoms with Gasteiger partial charge in [0.05, 0.1) is 11.1 Å². The van der Waals surface area contributed by atoms with Crippen molar-refractivity contribution >= 4 is 23.2 Å². The zero-order valence-electron chi connectivity index (χ0n) is 14.5. The molecule has 130 valence electrons. The van der Waals surface area contributed by atoms with Gasteiger partial charge in [0.1, 0.15) is 0 Å². The fourth-order valence-electron chi connectivity index (χ4n) is 2.83. The van der Waals surface area contributed by atoms with Gasteiger partial charge in [0.25, 0.3) is 11.8 Å². The second-order valence-electron chi connectivity index (χ2n) is 6.36. The highest BCUT2D eigenvalue weighted by atomic mass is 16.2. The molecule has 0 radical (unpaired) electrons. The monoisotopic (exact) mass is 338 g/mol. The van der Waals surface area contributed by atoms with Crippen molar-refractivity contribution in [3.05, 3.63) is 53.9 Å². The molecule has 0 atom stereocenters. The first-order valence-electron chi connectivity index (χ1n) is 8.37. The van der Waals surface area contributed by atoms with E-state index in [0.717, 1.165) is 31.6 Å². The standard InChI is InChI=1S/C19H22N4O2/c1-22(2)17-7-5-16(6-8-17)21-18(24)14-11-15(13-20-12-14)19(25)23-9-3-4-10-23/h5-8,11-13H,3-4,9-10H2,1-2H3,(H,21,24). The molecule has 2 amide bonds. The summed E-state index contributed by atoms with van der Waals surface area (Å²) < 4.78 is 0. The number of hydrogen-bond donors (Lipinski definition) is 1. The first-order valence-corrected chi connectivity index (χ1v) is 8.37. The molecule has 0 spiro atoms. The van der Waals surface area contributed by atoms with E-state index in [1.165, 1.54) is 12.4 Å². The van der Waals surface area contributed by atoms with Crippen molar-refractivity contribution in [1.82, 2.24) is 9.88 Å². The molecule has 0 bridgehead atoms. The van der Waals surface area contributed by atoms with E-state index in [1.54, 1.807) is 11.0 Å². The zero-order chi connectivity index (χ0) is 17.8. The highest BCUT2D eigenvalue weighted by molar-refractivity contribution is 6.05. The molecule has 0 saturated carbocycles. The molecule has 1 N–H and O–H groups in total. The van der Waals surface area contributed by atoms with E-state index >= 15 is 0 Å². The second-order valence-corrected chi connectivity index (χ2v) is 6.36. The van der Waals surface area contributed by atoms with Crippen LogP contribution in [0.1, 0.15) is 33.6 Å². The molecule has 1 aromatic heterocycles. The summed E-state index contributed by atoms with van der Waals surface area (Å²) in [6, 6.07) is 9.17. The molecule has 1 aliphatic rings. The molecular formula is C19H22N4O2. The Labute approximate surface area is 147 Å². The van der Waals surface area contributed by atoms with Crippen LogP contribution in [0.5, 0.6) is 0 Å². The van der Waals surface area contributed by atoms with E-state index in [0.29, 0.717) is 16.8 Å². The predicted molar refractivity (Wildman–Crippen MR) is 98.1 cm³/mol. The van der Waals surface area contributed by atoms with Gasteiger partial charge in [0.15, 0.2) is 0 Å². The Morgan fingerprint density at radius 1 is 1.04 bits per heavy atom. The smallest absolute Gasteiger partial charge is 0.257 e. The highest BCUT2D eigenvalue weighted by Crippen LogP contribution is 2.17. The minimum absolute atomic E-state index is 0.0602. The fraction of sp³-hybridized carbons (Fsp3) is 0.316. The molecule has 25 heavy (non-hydrogen) atoms. The molecule has 1 aromatic carbocycles. The van der Waals surface area contributed by atoms with Crippen molar-refractivity contribution in [1.29, 1.82) is 0 Å². The number of aromatic nitrogens is 1. The molecule has 1 aliphatic heterocycles. The van der Waals surface area contributed by atoms with Crippen molar-refractivity contribution in [2.75, 3.05) is 37.4 Å². The summed E-state index contributed by atoms with van der Waals surface area (Å²) >= 11 is 0. The summed E-state index contributed by atoms with van der Waals surface area (Å²) in [6.45, 7) is 1.54. The number of carbonyl (C=O) groups is 2. The Morgan fingerprint density at radius 3 is 2.32 bits per heavy atom. The normalized spacial score (nSPS) is 13.6. The molecule has 1 fully saturated rings. The lowest BCUT2D eigenvalue weighted by molar-refractivity contribution is 0.0792. The number of likely N-dealkylation sites (tertiary alicyclic amines) is 1. The second kappa shape index (κ2) is 7.34. The lowest BCUT2D eigenvalue weighted by atomic mass is 10.1. The van der Waals surface area contributed by atoms with Crippen LogP contribution in [0.2, 0.25) is 0 Å². The third-order valence-corrected chi connectivity index (χ3v) is 4.28.